The van der Waals surface area contributed by atoms with Crippen molar-refractivity contribution in [3.63, 3.8) is 0 Å². The Morgan fingerprint density at radius 3 is 2.38 bits per heavy atom. The van der Waals surface area contributed by atoms with Crippen LogP contribution in [0.4, 0.5) is 0 Å². The van der Waals surface area contributed by atoms with Gasteiger partial charge in [-0.05, 0) is 37.8 Å². The van der Waals surface area contributed by atoms with Crippen molar-refractivity contribution in [1.82, 2.24) is 5.32 Å². The van der Waals surface area contributed by atoms with Gasteiger partial charge in [0, 0.05) is 11.6 Å². The highest BCUT2D eigenvalue weighted by Gasteiger charge is 2.24. The Labute approximate surface area is 143 Å². The standard InChI is InChI=1S/C19H25NO4/c1-5-10-24-18-16(22-3)11-15(12-17(18)23-4)19(21)20-13(2)14-8-6-7-9-14/h1,11-14H,6-10H2,2-4H3,(H,20,21). The molecule has 1 amide bonds. The van der Waals surface area contributed by atoms with E-state index in [9.17, 15) is 4.79 Å². The maximum absolute atomic E-state index is 12.6. The second kappa shape index (κ2) is 8.49. The van der Waals surface area contributed by atoms with E-state index >= 15 is 0 Å². The number of nitrogens with one attached hydrogen (secondary N) is 1. The number of hydrogen-bond donors (Lipinski definition) is 1. The molecule has 1 aromatic rings. The molecule has 1 fully saturated rings. The van der Waals surface area contributed by atoms with Gasteiger partial charge in [-0.2, -0.15) is 0 Å². The first-order valence-electron chi connectivity index (χ1n) is 8.23. The van der Waals surface area contributed by atoms with Crippen molar-refractivity contribution in [2.75, 3.05) is 20.8 Å². The number of ether oxygens (including phenoxy) is 3. The molecule has 0 bridgehead atoms. The summed E-state index contributed by atoms with van der Waals surface area (Å²) in [7, 11) is 3.03. The predicted octanol–water partition coefficient (Wildman–Crippen LogP) is 3.02. The molecule has 1 atom stereocenters. The molecule has 2 rings (SSSR count). The quantitative estimate of drug-likeness (QED) is 0.780. The number of amides is 1. The van der Waals surface area contributed by atoms with Gasteiger partial charge in [0.2, 0.25) is 5.75 Å². The average molecular weight is 331 g/mol. The summed E-state index contributed by atoms with van der Waals surface area (Å²) in [5.41, 5.74) is 0.474. The molecule has 1 aliphatic carbocycles. The lowest BCUT2D eigenvalue weighted by atomic mass is 9.99. The highest BCUT2D eigenvalue weighted by atomic mass is 16.5. The first kappa shape index (κ1) is 18.0. The van der Waals surface area contributed by atoms with Crippen LogP contribution in [0.3, 0.4) is 0 Å². The third-order valence-electron chi connectivity index (χ3n) is 4.49. The zero-order chi connectivity index (χ0) is 17.5. The molecule has 0 spiro atoms. The molecule has 5 nitrogen and oxygen atoms in total. The van der Waals surface area contributed by atoms with Gasteiger partial charge in [-0.3, -0.25) is 4.79 Å². The van der Waals surface area contributed by atoms with Crippen LogP contribution in [-0.2, 0) is 0 Å². The minimum atomic E-state index is -0.144. The largest absolute Gasteiger partial charge is 0.493 e. The van der Waals surface area contributed by atoms with Gasteiger partial charge in [0.05, 0.1) is 14.2 Å². The Morgan fingerprint density at radius 1 is 1.29 bits per heavy atom. The summed E-state index contributed by atoms with van der Waals surface area (Å²) >= 11 is 0. The molecule has 0 heterocycles. The fourth-order valence-corrected chi connectivity index (χ4v) is 3.13. The average Bonchev–Trinajstić information content (AvgIpc) is 3.13. The van der Waals surface area contributed by atoms with Crippen LogP contribution in [0.15, 0.2) is 12.1 Å². The molecule has 130 valence electrons. The van der Waals surface area contributed by atoms with Crippen molar-refractivity contribution in [3.8, 4) is 29.6 Å². The summed E-state index contributed by atoms with van der Waals surface area (Å²) in [6.07, 6.45) is 10.1. The number of rotatable bonds is 7. The molecule has 0 saturated heterocycles. The first-order chi connectivity index (χ1) is 11.6. The van der Waals surface area contributed by atoms with Gasteiger partial charge in [-0.1, -0.05) is 18.8 Å². The van der Waals surface area contributed by atoms with E-state index in [4.69, 9.17) is 20.6 Å². The molecule has 1 N–H and O–H groups in total. The maximum atomic E-state index is 12.6. The van der Waals surface area contributed by atoms with E-state index in [0.717, 1.165) is 0 Å². The molecule has 1 aromatic carbocycles. The van der Waals surface area contributed by atoms with Gasteiger partial charge in [0.25, 0.3) is 5.91 Å². The molecule has 0 aliphatic heterocycles. The molecular formula is C19H25NO4. The van der Waals surface area contributed by atoms with Crippen molar-refractivity contribution in [3.05, 3.63) is 17.7 Å². The molecule has 1 saturated carbocycles. The van der Waals surface area contributed by atoms with E-state index in [1.807, 2.05) is 0 Å². The van der Waals surface area contributed by atoms with E-state index in [0.29, 0.717) is 28.7 Å². The van der Waals surface area contributed by atoms with Crippen molar-refractivity contribution >= 4 is 5.91 Å². The second-order valence-electron chi connectivity index (χ2n) is 6.01. The second-order valence-corrected chi connectivity index (χ2v) is 6.01. The Kier molecular flexibility index (Phi) is 6.36. The number of hydrogen-bond acceptors (Lipinski definition) is 4. The Bertz CT molecular complexity index is 589. The van der Waals surface area contributed by atoms with E-state index in [1.54, 1.807) is 12.1 Å². The van der Waals surface area contributed by atoms with Crippen LogP contribution in [0.5, 0.6) is 17.2 Å². The summed E-state index contributed by atoms with van der Waals surface area (Å²) in [6.45, 7) is 2.16. The van der Waals surface area contributed by atoms with Gasteiger partial charge >= 0.3 is 0 Å². The van der Waals surface area contributed by atoms with Crippen LogP contribution in [-0.4, -0.2) is 32.8 Å². The van der Waals surface area contributed by atoms with Crippen molar-refractivity contribution in [2.45, 2.75) is 38.6 Å². The van der Waals surface area contributed by atoms with E-state index in [-0.39, 0.29) is 18.6 Å². The minimum absolute atomic E-state index is 0.0942. The zero-order valence-corrected chi connectivity index (χ0v) is 14.6. The Balaban J connectivity index is 2.19. The maximum Gasteiger partial charge on any atom is 0.251 e. The van der Waals surface area contributed by atoms with Crippen LogP contribution in [0, 0.1) is 18.3 Å². The number of methoxy groups -OCH3 is 2. The minimum Gasteiger partial charge on any atom is -0.493 e. The number of terminal acetylenes is 1. The van der Waals surface area contributed by atoms with Gasteiger partial charge in [-0.25, -0.2) is 0 Å². The third-order valence-corrected chi connectivity index (χ3v) is 4.49. The zero-order valence-electron chi connectivity index (χ0n) is 14.6. The first-order valence-corrected chi connectivity index (χ1v) is 8.23. The fraction of sp³-hybridized carbons (Fsp3) is 0.526. The summed E-state index contributed by atoms with van der Waals surface area (Å²) < 4.78 is 16.1. The summed E-state index contributed by atoms with van der Waals surface area (Å²) in [5, 5.41) is 3.08. The lowest BCUT2D eigenvalue weighted by Gasteiger charge is -2.21. The lowest BCUT2D eigenvalue weighted by molar-refractivity contribution is 0.0926. The molecule has 0 radical (unpaired) electrons. The Hall–Kier alpha value is -2.35. The molecule has 1 aliphatic rings. The van der Waals surface area contributed by atoms with E-state index in [2.05, 4.69) is 18.2 Å². The molecular weight excluding hydrogens is 306 g/mol. The van der Waals surface area contributed by atoms with Crippen molar-refractivity contribution in [2.24, 2.45) is 5.92 Å². The van der Waals surface area contributed by atoms with Gasteiger partial charge < -0.3 is 19.5 Å². The van der Waals surface area contributed by atoms with Crippen LogP contribution < -0.4 is 19.5 Å². The molecule has 1 unspecified atom stereocenters. The van der Waals surface area contributed by atoms with Gasteiger partial charge in [0.1, 0.15) is 6.61 Å². The molecule has 0 aromatic heterocycles. The summed E-state index contributed by atoms with van der Waals surface area (Å²) in [5.74, 6) is 4.05. The normalized spacial score (nSPS) is 15.4. The Morgan fingerprint density at radius 2 is 1.88 bits per heavy atom. The molecule has 5 heteroatoms. The van der Waals surface area contributed by atoms with Crippen LogP contribution in [0.1, 0.15) is 43.0 Å². The van der Waals surface area contributed by atoms with Gasteiger partial charge in [0.15, 0.2) is 11.5 Å². The number of benzene rings is 1. The number of carbonyl (C=O) groups excluding carboxylic acids is 1. The van der Waals surface area contributed by atoms with Crippen LogP contribution >= 0.6 is 0 Å². The third kappa shape index (κ3) is 4.14. The predicted molar refractivity (Wildman–Crippen MR) is 92.8 cm³/mol. The van der Waals surface area contributed by atoms with Gasteiger partial charge in [-0.15, -0.1) is 6.42 Å². The summed E-state index contributed by atoms with van der Waals surface area (Å²) in [6, 6.07) is 3.44. The highest BCUT2D eigenvalue weighted by Crippen LogP contribution is 2.38. The van der Waals surface area contributed by atoms with Crippen LogP contribution in [0.25, 0.3) is 0 Å². The van der Waals surface area contributed by atoms with Crippen molar-refractivity contribution < 1.29 is 19.0 Å². The monoisotopic (exact) mass is 331 g/mol. The van der Waals surface area contributed by atoms with Crippen LogP contribution in [0.2, 0.25) is 0 Å². The SMILES string of the molecule is C#CCOc1c(OC)cc(C(=O)NC(C)C2CCCC2)cc1OC. The fourth-order valence-electron chi connectivity index (χ4n) is 3.13. The number of carbonyl (C=O) groups is 1. The van der Waals surface area contributed by atoms with E-state index < -0.39 is 0 Å². The highest BCUT2D eigenvalue weighted by molar-refractivity contribution is 5.95. The molecule has 24 heavy (non-hydrogen) atoms. The van der Waals surface area contributed by atoms with E-state index in [1.165, 1.54) is 39.9 Å². The lowest BCUT2D eigenvalue weighted by Crippen LogP contribution is -2.37. The van der Waals surface area contributed by atoms with Crippen molar-refractivity contribution in [1.29, 1.82) is 0 Å². The topological polar surface area (TPSA) is 56.8 Å². The smallest absolute Gasteiger partial charge is 0.251 e. The summed E-state index contributed by atoms with van der Waals surface area (Å²) in [4.78, 5) is 12.6.